The molecule has 0 atom stereocenters. The minimum Gasteiger partial charge on any atom is -0.422 e. The highest BCUT2D eigenvalue weighted by molar-refractivity contribution is 9.10. The van der Waals surface area contributed by atoms with Crippen LogP contribution in [0.3, 0.4) is 0 Å². The molecule has 0 bridgehead atoms. The van der Waals surface area contributed by atoms with Gasteiger partial charge in [0.25, 0.3) is 0 Å². The van der Waals surface area contributed by atoms with E-state index in [0.717, 1.165) is 15.6 Å². The third-order valence-corrected chi connectivity index (χ3v) is 3.25. The topological polar surface area (TPSA) is 26.3 Å². The summed E-state index contributed by atoms with van der Waals surface area (Å²) < 4.78 is 6.28. The summed E-state index contributed by atoms with van der Waals surface area (Å²) in [5, 5.41) is 0. The highest BCUT2D eigenvalue weighted by Gasteiger charge is 2.25. The van der Waals surface area contributed by atoms with Crippen LogP contribution in [0.4, 0.5) is 0 Å². The molecule has 0 N–H and O–H groups in total. The fourth-order valence-electron chi connectivity index (χ4n) is 1.94. The smallest absolute Gasteiger partial charge is 0.344 e. The van der Waals surface area contributed by atoms with E-state index >= 15 is 0 Å². The monoisotopic (exact) mass is 300 g/mol. The third-order valence-electron chi connectivity index (χ3n) is 2.76. The van der Waals surface area contributed by atoms with Crippen LogP contribution in [0.2, 0.25) is 0 Å². The molecule has 3 heteroatoms. The van der Waals surface area contributed by atoms with Crippen molar-refractivity contribution in [3.05, 3.63) is 69.7 Å². The Morgan fingerprint density at radius 1 is 1.00 bits per heavy atom. The summed E-state index contributed by atoms with van der Waals surface area (Å²) in [4.78, 5) is 11.7. The molecule has 2 aromatic rings. The van der Waals surface area contributed by atoms with Gasteiger partial charge in [-0.05, 0) is 29.8 Å². The Kier molecular flexibility index (Phi) is 2.76. The van der Waals surface area contributed by atoms with Gasteiger partial charge in [0.15, 0.2) is 0 Å². The first kappa shape index (κ1) is 11.2. The Balaban J connectivity index is 2.07. The van der Waals surface area contributed by atoms with Gasteiger partial charge >= 0.3 is 5.97 Å². The Morgan fingerprint density at radius 3 is 2.56 bits per heavy atom. The molecule has 88 valence electrons. The number of halogens is 1. The molecule has 1 aliphatic heterocycles. The van der Waals surface area contributed by atoms with Gasteiger partial charge in [0.2, 0.25) is 0 Å². The molecule has 0 amide bonds. The first-order valence-corrected chi connectivity index (χ1v) is 6.32. The SMILES string of the molecule is O=C1O/C(=C/c2cccc(Br)c2)c2ccccc21. The number of carbonyl (C=O) groups is 1. The fraction of sp³-hybridized carbons (Fsp3) is 0. The zero-order valence-electron chi connectivity index (χ0n) is 9.39. The highest BCUT2D eigenvalue weighted by Crippen LogP contribution is 2.31. The standard InChI is InChI=1S/C15H9BrO2/c16-11-5-3-4-10(8-11)9-14-12-6-1-2-7-13(12)15(17)18-14/h1-9H/b14-9+. The lowest BCUT2D eigenvalue weighted by Crippen LogP contribution is -1.92. The maximum absolute atomic E-state index is 11.7. The minimum absolute atomic E-state index is 0.285. The van der Waals surface area contributed by atoms with Gasteiger partial charge in [-0.3, -0.25) is 0 Å². The van der Waals surface area contributed by atoms with Crippen LogP contribution in [0.5, 0.6) is 0 Å². The van der Waals surface area contributed by atoms with Crippen LogP contribution < -0.4 is 0 Å². The van der Waals surface area contributed by atoms with Crippen molar-refractivity contribution in [3.8, 4) is 0 Å². The van der Waals surface area contributed by atoms with Crippen LogP contribution in [-0.2, 0) is 4.74 Å². The summed E-state index contributed by atoms with van der Waals surface area (Å²) in [6, 6.07) is 15.2. The molecule has 0 unspecified atom stereocenters. The maximum atomic E-state index is 11.7. The quantitative estimate of drug-likeness (QED) is 0.741. The van der Waals surface area contributed by atoms with E-state index in [9.17, 15) is 4.79 Å². The number of cyclic esters (lactones) is 1. The largest absolute Gasteiger partial charge is 0.422 e. The molecule has 0 aliphatic carbocycles. The van der Waals surface area contributed by atoms with Crippen LogP contribution in [0, 0.1) is 0 Å². The van der Waals surface area contributed by atoms with Gasteiger partial charge in [-0.15, -0.1) is 0 Å². The lowest BCUT2D eigenvalue weighted by atomic mass is 10.1. The van der Waals surface area contributed by atoms with Crippen molar-refractivity contribution in [1.29, 1.82) is 0 Å². The Morgan fingerprint density at radius 2 is 1.78 bits per heavy atom. The van der Waals surface area contributed by atoms with E-state index in [0.29, 0.717) is 11.3 Å². The van der Waals surface area contributed by atoms with Gasteiger partial charge in [0.1, 0.15) is 5.76 Å². The molecule has 3 rings (SSSR count). The molecular formula is C15H9BrO2. The molecule has 2 nitrogen and oxygen atoms in total. The van der Waals surface area contributed by atoms with E-state index in [1.807, 2.05) is 48.5 Å². The molecule has 2 aromatic carbocycles. The summed E-state index contributed by atoms with van der Waals surface area (Å²) in [6.45, 7) is 0. The molecule has 18 heavy (non-hydrogen) atoms. The number of esters is 1. The van der Waals surface area contributed by atoms with E-state index in [4.69, 9.17) is 4.74 Å². The third kappa shape index (κ3) is 1.97. The van der Waals surface area contributed by atoms with Crippen LogP contribution in [0.1, 0.15) is 21.5 Å². The van der Waals surface area contributed by atoms with Crippen LogP contribution in [0.15, 0.2) is 53.0 Å². The Hall–Kier alpha value is -1.87. The zero-order chi connectivity index (χ0) is 12.5. The lowest BCUT2D eigenvalue weighted by molar-refractivity contribution is 0.0717. The number of benzene rings is 2. The van der Waals surface area contributed by atoms with Crippen molar-refractivity contribution >= 4 is 33.7 Å². The summed E-state index contributed by atoms with van der Waals surface area (Å²) in [6.07, 6.45) is 1.87. The van der Waals surface area contributed by atoms with E-state index < -0.39 is 0 Å². The van der Waals surface area contributed by atoms with Crippen molar-refractivity contribution in [2.45, 2.75) is 0 Å². The Bertz CT molecular complexity index is 659. The van der Waals surface area contributed by atoms with Crippen LogP contribution >= 0.6 is 15.9 Å². The average molecular weight is 301 g/mol. The molecule has 1 aliphatic rings. The summed E-state index contributed by atoms with van der Waals surface area (Å²) in [5.41, 5.74) is 2.46. The lowest BCUT2D eigenvalue weighted by Gasteiger charge is -1.99. The summed E-state index contributed by atoms with van der Waals surface area (Å²) in [5.74, 6) is 0.320. The molecule has 0 saturated heterocycles. The second-order valence-electron chi connectivity index (χ2n) is 4.00. The van der Waals surface area contributed by atoms with Gasteiger partial charge in [-0.1, -0.05) is 46.3 Å². The van der Waals surface area contributed by atoms with Crippen molar-refractivity contribution < 1.29 is 9.53 Å². The van der Waals surface area contributed by atoms with E-state index in [2.05, 4.69) is 15.9 Å². The van der Waals surface area contributed by atoms with Gasteiger partial charge in [-0.25, -0.2) is 4.79 Å². The maximum Gasteiger partial charge on any atom is 0.344 e. The number of hydrogen-bond donors (Lipinski definition) is 0. The van der Waals surface area contributed by atoms with E-state index in [1.165, 1.54) is 0 Å². The normalized spacial score (nSPS) is 15.6. The van der Waals surface area contributed by atoms with E-state index in [-0.39, 0.29) is 5.97 Å². The molecular weight excluding hydrogens is 292 g/mol. The second kappa shape index (κ2) is 4.42. The Labute approximate surface area is 113 Å². The summed E-state index contributed by atoms with van der Waals surface area (Å²) in [7, 11) is 0. The predicted molar refractivity (Wildman–Crippen MR) is 73.9 cm³/mol. The minimum atomic E-state index is -0.285. The van der Waals surface area contributed by atoms with Crippen molar-refractivity contribution in [3.63, 3.8) is 0 Å². The summed E-state index contributed by atoms with van der Waals surface area (Å²) >= 11 is 3.42. The number of hydrogen-bond acceptors (Lipinski definition) is 2. The molecule has 0 fully saturated rings. The number of carbonyl (C=O) groups excluding carboxylic acids is 1. The van der Waals surface area contributed by atoms with Crippen molar-refractivity contribution in [2.24, 2.45) is 0 Å². The van der Waals surface area contributed by atoms with Crippen LogP contribution in [-0.4, -0.2) is 5.97 Å². The van der Waals surface area contributed by atoms with Crippen molar-refractivity contribution in [2.75, 3.05) is 0 Å². The van der Waals surface area contributed by atoms with Crippen molar-refractivity contribution in [1.82, 2.24) is 0 Å². The zero-order valence-corrected chi connectivity index (χ0v) is 11.0. The van der Waals surface area contributed by atoms with Gasteiger partial charge < -0.3 is 4.74 Å². The number of ether oxygens (including phenoxy) is 1. The second-order valence-corrected chi connectivity index (χ2v) is 4.91. The molecule has 1 heterocycles. The molecule has 0 radical (unpaired) electrons. The van der Waals surface area contributed by atoms with Gasteiger partial charge in [-0.2, -0.15) is 0 Å². The van der Waals surface area contributed by atoms with E-state index in [1.54, 1.807) is 6.07 Å². The predicted octanol–water partition coefficient (Wildman–Crippen LogP) is 4.12. The first-order valence-electron chi connectivity index (χ1n) is 5.53. The molecule has 0 saturated carbocycles. The first-order chi connectivity index (χ1) is 8.74. The fourth-order valence-corrected chi connectivity index (χ4v) is 2.36. The highest BCUT2D eigenvalue weighted by atomic mass is 79.9. The number of rotatable bonds is 1. The van der Waals surface area contributed by atoms with Gasteiger partial charge in [0.05, 0.1) is 5.56 Å². The van der Waals surface area contributed by atoms with Gasteiger partial charge in [0, 0.05) is 10.0 Å². The molecule has 0 aromatic heterocycles. The van der Waals surface area contributed by atoms with Crippen LogP contribution in [0.25, 0.3) is 11.8 Å². The average Bonchev–Trinajstić information content (AvgIpc) is 2.67. The number of fused-ring (bicyclic) bond motifs is 1. The molecule has 0 spiro atoms.